The zero-order valence-corrected chi connectivity index (χ0v) is 18.3. The number of H-pyrrole nitrogens is 1. The number of aromatic amines is 1. The lowest BCUT2D eigenvalue weighted by Gasteiger charge is -2.05. The van der Waals surface area contributed by atoms with Gasteiger partial charge in [-0.25, -0.2) is 4.99 Å². The Labute approximate surface area is 189 Å². The molecule has 32 heavy (non-hydrogen) atoms. The number of aliphatic imine (C=N–C) groups is 1. The van der Waals surface area contributed by atoms with Crippen LogP contribution in [0, 0.1) is 6.92 Å². The van der Waals surface area contributed by atoms with Gasteiger partial charge >= 0.3 is 0 Å². The zero-order valence-electron chi connectivity index (χ0n) is 17.4. The first-order valence-electron chi connectivity index (χ1n) is 10.4. The fraction of sp³-hybridized carbons (Fsp3) is 0.160. The maximum Gasteiger partial charge on any atom is 0.259 e. The number of carbonyl (C=O) groups is 2. The third-order valence-corrected chi connectivity index (χ3v) is 6.02. The number of imide groups is 1. The second-order valence-corrected chi connectivity index (χ2v) is 8.00. The summed E-state index contributed by atoms with van der Waals surface area (Å²) in [5.74, 6) is -0.750. The molecule has 158 valence electrons. The van der Waals surface area contributed by atoms with Gasteiger partial charge in [0.2, 0.25) is 0 Å². The number of fused-ring (bicyclic) bond motifs is 2. The van der Waals surface area contributed by atoms with Crippen LogP contribution in [0.25, 0.3) is 33.0 Å². The lowest BCUT2D eigenvalue weighted by Crippen LogP contribution is -2.22. The molecule has 2 N–H and O–H groups in total. The van der Waals surface area contributed by atoms with Crippen molar-refractivity contribution in [3.8, 4) is 0 Å². The Morgan fingerprint density at radius 1 is 1.00 bits per heavy atom. The van der Waals surface area contributed by atoms with Gasteiger partial charge in [-0.05, 0) is 37.2 Å². The van der Waals surface area contributed by atoms with Gasteiger partial charge in [-0.15, -0.1) is 0 Å². The standard InChI is InChI=1S/C25H20N4O2S/c1-15-6-4-8-17-19(13-29(23(15)17)11-5-10-26-14-32)22-21(24(30)28-25(22)31)18-12-27-20-9-3-2-7-16(18)20/h2-4,6-9,12-13,27H,5,10-11H2,1H3,(H,28,30,31). The third-order valence-electron chi connectivity index (χ3n) is 5.89. The van der Waals surface area contributed by atoms with Crippen LogP contribution >= 0.6 is 12.2 Å². The van der Waals surface area contributed by atoms with E-state index in [0.717, 1.165) is 44.9 Å². The molecule has 1 aliphatic heterocycles. The highest BCUT2D eigenvalue weighted by atomic mass is 32.1. The van der Waals surface area contributed by atoms with E-state index in [9.17, 15) is 9.59 Å². The topological polar surface area (TPSA) is 79.2 Å². The van der Waals surface area contributed by atoms with Gasteiger partial charge in [-0.2, -0.15) is 0 Å². The van der Waals surface area contributed by atoms with Crippen LogP contribution in [0.2, 0.25) is 0 Å². The van der Waals surface area contributed by atoms with Crippen LogP contribution < -0.4 is 5.32 Å². The van der Waals surface area contributed by atoms with E-state index in [1.807, 2.05) is 55.6 Å². The minimum absolute atomic E-state index is 0.374. The minimum Gasteiger partial charge on any atom is -0.361 e. The Morgan fingerprint density at radius 3 is 2.56 bits per heavy atom. The first-order chi connectivity index (χ1) is 15.6. The number of nitrogens with zero attached hydrogens (tertiary/aromatic N) is 2. The second-order valence-electron chi connectivity index (χ2n) is 7.81. The fourth-order valence-corrected chi connectivity index (χ4v) is 4.63. The van der Waals surface area contributed by atoms with Crippen molar-refractivity contribution < 1.29 is 9.59 Å². The van der Waals surface area contributed by atoms with Gasteiger partial charge in [-0.3, -0.25) is 14.9 Å². The van der Waals surface area contributed by atoms with Gasteiger partial charge in [0, 0.05) is 46.4 Å². The molecular formula is C25H20N4O2S. The maximum absolute atomic E-state index is 13.0. The van der Waals surface area contributed by atoms with Crippen LogP contribution in [-0.2, 0) is 16.1 Å². The quantitative estimate of drug-likeness (QED) is 0.201. The molecule has 0 bridgehead atoms. The molecule has 0 atom stereocenters. The molecule has 2 amide bonds. The van der Waals surface area contributed by atoms with Crippen molar-refractivity contribution in [2.75, 3.05) is 6.54 Å². The van der Waals surface area contributed by atoms with Crippen LogP contribution in [0.1, 0.15) is 23.1 Å². The molecule has 5 rings (SSSR count). The SMILES string of the molecule is Cc1cccc2c(C3=C(c4c[nH]c5ccccc45)C(=O)NC3=O)cn(CCCN=C=S)c12. The van der Waals surface area contributed by atoms with Crippen LogP contribution in [0.5, 0.6) is 0 Å². The number of hydrogen-bond donors (Lipinski definition) is 2. The number of aryl methyl sites for hydroxylation is 2. The van der Waals surface area contributed by atoms with E-state index in [0.29, 0.717) is 24.2 Å². The van der Waals surface area contributed by atoms with E-state index < -0.39 is 0 Å². The Balaban J connectivity index is 1.74. The Hall–Kier alpha value is -3.80. The lowest BCUT2D eigenvalue weighted by molar-refractivity contribution is -0.122. The summed E-state index contributed by atoms with van der Waals surface area (Å²) in [5.41, 5.74) is 5.36. The van der Waals surface area contributed by atoms with Crippen molar-refractivity contribution in [2.45, 2.75) is 19.9 Å². The minimum atomic E-state index is -0.376. The van der Waals surface area contributed by atoms with E-state index in [1.54, 1.807) is 6.20 Å². The number of nitrogens with one attached hydrogen (secondary N) is 2. The summed E-state index contributed by atoms with van der Waals surface area (Å²) in [6.45, 7) is 3.35. The predicted octanol–water partition coefficient (Wildman–Crippen LogP) is 4.49. The number of rotatable bonds is 6. The molecule has 0 radical (unpaired) electrons. The van der Waals surface area contributed by atoms with Crippen molar-refractivity contribution in [1.82, 2.24) is 14.9 Å². The van der Waals surface area contributed by atoms with Crippen LogP contribution in [0.3, 0.4) is 0 Å². The molecule has 0 aliphatic carbocycles. The number of para-hydroxylation sites is 2. The highest BCUT2D eigenvalue weighted by Crippen LogP contribution is 2.38. The number of thiocarbonyl (C=S) groups is 1. The summed E-state index contributed by atoms with van der Waals surface area (Å²) >= 11 is 4.66. The molecular weight excluding hydrogens is 420 g/mol. The van der Waals surface area contributed by atoms with Crippen LogP contribution in [0.15, 0.2) is 59.9 Å². The van der Waals surface area contributed by atoms with E-state index >= 15 is 0 Å². The maximum atomic E-state index is 13.0. The molecule has 2 aromatic carbocycles. The summed E-state index contributed by atoms with van der Waals surface area (Å²) in [6, 6.07) is 13.8. The average Bonchev–Trinajstić information content (AvgIpc) is 3.45. The number of amides is 2. The van der Waals surface area contributed by atoms with Crippen molar-refractivity contribution in [2.24, 2.45) is 4.99 Å². The molecule has 7 heteroatoms. The Kier molecular flexibility index (Phi) is 5.05. The summed E-state index contributed by atoms with van der Waals surface area (Å²) in [6.07, 6.45) is 4.56. The predicted molar refractivity (Wildman–Crippen MR) is 129 cm³/mol. The number of aromatic nitrogens is 2. The van der Waals surface area contributed by atoms with Crippen LogP contribution in [0.4, 0.5) is 0 Å². The molecule has 0 unspecified atom stereocenters. The Bertz CT molecular complexity index is 1480. The van der Waals surface area contributed by atoms with Gasteiger partial charge in [0.25, 0.3) is 11.8 Å². The van der Waals surface area contributed by atoms with Gasteiger partial charge in [0.05, 0.1) is 28.4 Å². The molecule has 0 fully saturated rings. The third kappa shape index (κ3) is 3.19. The number of carbonyl (C=O) groups excluding carboxylic acids is 2. The van der Waals surface area contributed by atoms with Gasteiger partial charge in [-0.1, -0.05) is 36.4 Å². The van der Waals surface area contributed by atoms with Crippen molar-refractivity contribution in [1.29, 1.82) is 0 Å². The van der Waals surface area contributed by atoms with Gasteiger partial charge in [0.15, 0.2) is 0 Å². The molecule has 2 aromatic heterocycles. The molecule has 1 aliphatic rings. The van der Waals surface area contributed by atoms with Crippen molar-refractivity contribution >= 4 is 62.1 Å². The van der Waals surface area contributed by atoms with E-state index in [2.05, 4.69) is 37.2 Å². The van der Waals surface area contributed by atoms with Gasteiger partial charge < -0.3 is 9.55 Å². The normalized spacial score (nSPS) is 13.8. The number of benzene rings is 2. The van der Waals surface area contributed by atoms with E-state index in [-0.39, 0.29) is 11.8 Å². The van der Waals surface area contributed by atoms with E-state index in [1.165, 1.54) is 0 Å². The molecule has 4 aromatic rings. The number of isothiocyanates is 1. The Morgan fingerprint density at radius 2 is 1.75 bits per heavy atom. The molecule has 6 nitrogen and oxygen atoms in total. The summed E-state index contributed by atoms with van der Waals surface area (Å²) in [7, 11) is 0. The summed E-state index contributed by atoms with van der Waals surface area (Å²) < 4.78 is 2.13. The van der Waals surface area contributed by atoms with Crippen LogP contribution in [-0.4, -0.2) is 33.1 Å². The summed E-state index contributed by atoms with van der Waals surface area (Å²) in [5, 5.41) is 6.75. The first-order valence-corrected chi connectivity index (χ1v) is 10.8. The van der Waals surface area contributed by atoms with Crippen molar-refractivity contribution in [3.05, 3.63) is 71.5 Å². The average molecular weight is 441 g/mol. The largest absolute Gasteiger partial charge is 0.361 e. The highest BCUT2D eigenvalue weighted by molar-refractivity contribution is 7.78. The zero-order chi connectivity index (χ0) is 22.2. The smallest absolute Gasteiger partial charge is 0.259 e. The fourth-order valence-electron chi connectivity index (χ4n) is 4.54. The first kappa shape index (κ1) is 20.1. The summed E-state index contributed by atoms with van der Waals surface area (Å²) in [4.78, 5) is 33.2. The van der Waals surface area contributed by atoms with Crippen molar-refractivity contribution in [3.63, 3.8) is 0 Å². The molecule has 0 spiro atoms. The molecule has 0 saturated heterocycles. The monoisotopic (exact) mass is 440 g/mol. The highest BCUT2D eigenvalue weighted by Gasteiger charge is 2.35. The van der Waals surface area contributed by atoms with E-state index in [4.69, 9.17) is 0 Å². The molecule has 0 saturated carbocycles. The lowest BCUT2D eigenvalue weighted by atomic mass is 9.95. The molecule has 3 heterocycles. The number of hydrogen-bond acceptors (Lipinski definition) is 4. The van der Waals surface area contributed by atoms with Gasteiger partial charge in [0.1, 0.15) is 0 Å². The second kappa shape index (κ2) is 8.04.